The zero-order chi connectivity index (χ0) is 17.2. The number of benzene rings is 2. The minimum atomic E-state index is -3.89. The van der Waals surface area contributed by atoms with E-state index in [2.05, 4.69) is 0 Å². The van der Waals surface area contributed by atoms with Crippen molar-refractivity contribution in [1.82, 2.24) is 4.72 Å². The molecule has 2 aromatic carbocycles. The minimum absolute atomic E-state index is 0.333. The predicted molar refractivity (Wildman–Crippen MR) is 79.9 cm³/mol. The lowest BCUT2D eigenvalue weighted by Gasteiger charge is -2.11. The Kier molecular flexibility index (Phi) is 4.65. The van der Waals surface area contributed by atoms with Crippen LogP contribution in [0.3, 0.4) is 0 Å². The van der Waals surface area contributed by atoms with E-state index in [4.69, 9.17) is 4.74 Å². The fourth-order valence-corrected chi connectivity index (χ4v) is 2.24. The summed E-state index contributed by atoms with van der Waals surface area (Å²) in [5.74, 6) is -3.43. The maximum absolute atomic E-state index is 14.0. The fourth-order valence-electron chi connectivity index (χ4n) is 1.79. The van der Waals surface area contributed by atoms with Gasteiger partial charge in [0, 0.05) is 6.07 Å². The highest BCUT2D eigenvalue weighted by molar-refractivity contribution is 7.89. The Morgan fingerprint density at radius 1 is 1.09 bits per heavy atom. The monoisotopic (exact) mass is 341 g/mol. The smallest absolute Gasteiger partial charge is 0.267 e. The van der Waals surface area contributed by atoms with E-state index >= 15 is 0 Å². The quantitative estimate of drug-likeness (QED) is 0.928. The third-order valence-electron chi connectivity index (χ3n) is 2.86. The molecule has 0 saturated heterocycles. The van der Waals surface area contributed by atoms with Gasteiger partial charge in [-0.1, -0.05) is 18.2 Å². The Labute approximate surface area is 132 Å². The van der Waals surface area contributed by atoms with Gasteiger partial charge in [0.2, 0.25) is 10.0 Å². The SMILES string of the molecule is Cc1ccccc1Oc1cc(F)c(C(=O)NS(C)(=O)=O)cc1F. The van der Waals surface area contributed by atoms with Crippen molar-refractivity contribution in [3.8, 4) is 11.5 Å². The normalized spacial score (nSPS) is 11.1. The van der Waals surface area contributed by atoms with E-state index in [-0.39, 0.29) is 0 Å². The van der Waals surface area contributed by atoms with Crippen LogP contribution in [0.15, 0.2) is 36.4 Å². The van der Waals surface area contributed by atoms with Gasteiger partial charge in [0.05, 0.1) is 11.8 Å². The summed E-state index contributed by atoms with van der Waals surface area (Å²) in [6, 6.07) is 8.03. The molecule has 0 aliphatic heterocycles. The van der Waals surface area contributed by atoms with Crippen LogP contribution in [0.5, 0.6) is 11.5 Å². The molecule has 0 fully saturated rings. The zero-order valence-corrected chi connectivity index (χ0v) is 13.1. The standard InChI is InChI=1S/C15H13F2NO4S/c1-9-5-3-4-6-13(9)22-14-8-11(16)10(7-12(14)17)15(19)18-23(2,20)21/h3-8H,1-2H3,(H,18,19). The van der Waals surface area contributed by atoms with Crippen molar-refractivity contribution in [2.75, 3.05) is 6.26 Å². The van der Waals surface area contributed by atoms with Gasteiger partial charge in [-0.05, 0) is 24.6 Å². The van der Waals surface area contributed by atoms with E-state index in [0.29, 0.717) is 23.4 Å². The average molecular weight is 341 g/mol. The number of hydrogen-bond acceptors (Lipinski definition) is 4. The summed E-state index contributed by atoms with van der Waals surface area (Å²) in [5.41, 5.74) is -0.0173. The largest absolute Gasteiger partial charge is 0.454 e. The van der Waals surface area contributed by atoms with Gasteiger partial charge < -0.3 is 4.74 Å². The molecule has 0 aromatic heterocycles. The van der Waals surface area contributed by atoms with Gasteiger partial charge in [-0.3, -0.25) is 4.79 Å². The van der Waals surface area contributed by atoms with Crippen LogP contribution in [-0.4, -0.2) is 20.6 Å². The Bertz CT molecular complexity index is 866. The molecule has 0 bridgehead atoms. The van der Waals surface area contributed by atoms with Crippen molar-refractivity contribution < 1.29 is 26.7 Å². The maximum Gasteiger partial charge on any atom is 0.267 e. The predicted octanol–water partition coefficient (Wildman–Crippen LogP) is 2.75. The highest BCUT2D eigenvalue weighted by Gasteiger charge is 2.20. The highest BCUT2D eigenvalue weighted by atomic mass is 32.2. The summed E-state index contributed by atoms with van der Waals surface area (Å²) in [5, 5.41) is 0. The molecule has 2 aromatic rings. The molecule has 5 nitrogen and oxygen atoms in total. The van der Waals surface area contributed by atoms with Crippen molar-refractivity contribution in [3.63, 3.8) is 0 Å². The molecular weight excluding hydrogens is 328 g/mol. The van der Waals surface area contributed by atoms with Crippen molar-refractivity contribution in [3.05, 3.63) is 59.2 Å². The number of rotatable bonds is 4. The Morgan fingerprint density at radius 2 is 1.74 bits per heavy atom. The zero-order valence-electron chi connectivity index (χ0n) is 12.3. The molecule has 0 spiro atoms. The van der Waals surface area contributed by atoms with Crippen molar-refractivity contribution in [2.24, 2.45) is 0 Å². The third-order valence-corrected chi connectivity index (χ3v) is 3.41. The van der Waals surface area contributed by atoms with Crippen LogP contribution in [0.25, 0.3) is 0 Å². The van der Waals surface area contributed by atoms with Gasteiger partial charge in [-0.25, -0.2) is 21.9 Å². The summed E-state index contributed by atoms with van der Waals surface area (Å²) in [4.78, 5) is 11.6. The number of halogens is 2. The molecule has 1 amide bonds. The summed E-state index contributed by atoms with van der Waals surface area (Å²) >= 11 is 0. The molecule has 23 heavy (non-hydrogen) atoms. The van der Waals surface area contributed by atoms with Gasteiger partial charge >= 0.3 is 0 Å². The second-order valence-electron chi connectivity index (χ2n) is 4.83. The lowest BCUT2D eigenvalue weighted by molar-refractivity contribution is 0.0977. The molecule has 8 heteroatoms. The Balaban J connectivity index is 2.34. The van der Waals surface area contributed by atoms with Crippen LogP contribution in [0.2, 0.25) is 0 Å². The minimum Gasteiger partial charge on any atom is -0.454 e. The first-order chi connectivity index (χ1) is 10.7. The number of hydrogen-bond donors (Lipinski definition) is 1. The Hall–Kier alpha value is -2.48. The van der Waals surface area contributed by atoms with Crippen molar-refractivity contribution in [2.45, 2.75) is 6.92 Å². The molecule has 0 atom stereocenters. The molecule has 0 radical (unpaired) electrons. The first kappa shape index (κ1) is 16.9. The number of amides is 1. The second-order valence-corrected chi connectivity index (χ2v) is 6.58. The number of ether oxygens (including phenoxy) is 1. The fraction of sp³-hybridized carbons (Fsp3) is 0.133. The van der Waals surface area contributed by atoms with Gasteiger partial charge in [0.15, 0.2) is 11.6 Å². The molecule has 0 unspecified atom stereocenters. The first-order valence-electron chi connectivity index (χ1n) is 6.42. The average Bonchev–Trinajstić information content (AvgIpc) is 2.43. The van der Waals surface area contributed by atoms with E-state index in [1.54, 1.807) is 35.9 Å². The van der Waals surface area contributed by atoms with Crippen LogP contribution in [-0.2, 0) is 10.0 Å². The molecule has 0 saturated carbocycles. The summed E-state index contributed by atoms with van der Waals surface area (Å²) in [6.07, 6.45) is 0.731. The number of carbonyl (C=O) groups is 1. The third kappa shape index (κ3) is 4.26. The summed E-state index contributed by atoms with van der Waals surface area (Å²) in [7, 11) is -3.89. The van der Waals surface area contributed by atoms with Gasteiger partial charge in [0.1, 0.15) is 11.6 Å². The first-order valence-corrected chi connectivity index (χ1v) is 8.31. The molecule has 1 N–H and O–H groups in total. The molecule has 0 heterocycles. The lowest BCUT2D eigenvalue weighted by atomic mass is 10.2. The van der Waals surface area contributed by atoms with Crippen molar-refractivity contribution >= 4 is 15.9 Å². The van der Waals surface area contributed by atoms with Crippen molar-refractivity contribution in [1.29, 1.82) is 0 Å². The van der Waals surface area contributed by atoms with E-state index < -0.39 is 38.9 Å². The maximum atomic E-state index is 14.0. The van der Waals surface area contributed by atoms with Gasteiger partial charge in [0.25, 0.3) is 5.91 Å². The number of para-hydroxylation sites is 1. The van der Waals surface area contributed by atoms with Crippen LogP contribution < -0.4 is 9.46 Å². The molecule has 0 aliphatic rings. The van der Waals surface area contributed by atoms with E-state index in [0.717, 1.165) is 6.26 Å². The number of sulfonamides is 1. The highest BCUT2D eigenvalue weighted by Crippen LogP contribution is 2.29. The lowest BCUT2D eigenvalue weighted by Crippen LogP contribution is -2.30. The summed E-state index contributed by atoms with van der Waals surface area (Å²) < 4.78 is 56.8. The topological polar surface area (TPSA) is 72.5 Å². The second kappa shape index (κ2) is 6.33. The number of nitrogens with one attached hydrogen (secondary N) is 1. The molecule has 122 valence electrons. The molecule has 2 rings (SSSR count). The molecular formula is C15H13F2NO4S. The van der Waals surface area contributed by atoms with Gasteiger partial charge in [-0.15, -0.1) is 0 Å². The van der Waals surface area contributed by atoms with Gasteiger partial charge in [-0.2, -0.15) is 0 Å². The van der Waals surface area contributed by atoms with Crippen LogP contribution >= 0.6 is 0 Å². The van der Waals surface area contributed by atoms with E-state index in [1.165, 1.54) is 0 Å². The molecule has 0 aliphatic carbocycles. The van der Waals surface area contributed by atoms with E-state index in [9.17, 15) is 22.0 Å². The Morgan fingerprint density at radius 3 is 2.35 bits per heavy atom. The van der Waals surface area contributed by atoms with Crippen LogP contribution in [0.4, 0.5) is 8.78 Å². The summed E-state index contributed by atoms with van der Waals surface area (Å²) in [6.45, 7) is 1.73. The van der Waals surface area contributed by atoms with Crippen LogP contribution in [0.1, 0.15) is 15.9 Å². The van der Waals surface area contributed by atoms with E-state index in [1.807, 2.05) is 0 Å². The number of aryl methyl sites for hydroxylation is 1. The van der Waals surface area contributed by atoms with Crippen LogP contribution in [0, 0.1) is 18.6 Å². The number of carbonyl (C=O) groups excluding carboxylic acids is 1.